The number of aryl methyl sites for hydroxylation is 1. The number of carbonyl (C=O) groups excluding carboxylic acids is 1. The Bertz CT molecular complexity index is 391. The van der Waals surface area contributed by atoms with Gasteiger partial charge in [-0.3, -0.25) is 4.79 Å². The molecule has 1 heterocycles. The highest BCUT2D eigenvalue weighted by molar-refractivity contribution is 5.84. The highest BCUT2D eigenvalue weighted by Gasteiger charge is 2.10. The zero-order chi connectivity index (χ0) is 9.97. The fourth-order valence-electron chi connectivity index (χ4n) is 1.53. The Hall–Kier alpha value is -1.57. The maximum Gasteiger partial charge on any atom is 0.149 e. The van der Waals surface area contributed by atoms with E-state index in [1.807, 2.05) is 12.1 Å². The van der Waals surface area contributed by atoms with E-state index in [0.717, 1.165) is 24.0 Å². The van der Waals surface area contributed by atoms with Gasteiger partial charge in [0.25, 0.3) is 0 Å². The van der Waals surface area contributed by atoms with E-state index in [1.165, 1.54) is 5.56 Å². The van der Waals surface area contributed by atoms with Gasteiger partial charge in [0.15, 0.2) is 0 Å². The van der Waals surface area contributed by atoms with E-state index in [4.69, 9.17) is 4.74 Å². The van der Waals surface area contributed by atoms with Crippen LogP contribution in [0.15, 0.2) is 23.8 Å². The summed E-state index contributed by atoms with van der Waals surface area (Å²) in [6.45, 7) is 2.50. The fourth-order valence-corrected chi connectivity index (χ4v) is 1.53. The van der Waals surface area contributed by atoms with Crippen LogP contribution in [0.5, 0.6) is 5.75 Å². The molecule has 0 saturated heterocycles. The van der Waals surface area contributed by atoms with Crippen LogP contribution in [0.4, 0.5) is 0 Å². The van der Waals surface area contributed by atoms with Gasteiger partial charge in [0.2, 0.25) is 0 Å². The molecule has 0 bridgehead atoms. The van der Waals surface area contributed by atoms with E-state index < -0.39 is 0 Å². The van der Waals surface area contributed by atoms with E-state index in [0.29, 0.717) is 12.2 Å². The molecule has 1 aromatic carbocycles. The van der Waals surface area contributed by atoms with Gasteiger partial charge >= 0.3 is 0 Å². The molecule has 0 saturated carbocycles. The predicted octanol–water partition coefficient (Wildman–Crippen LogP) is 2.22. The second-order valence-corrected chi connectivity index (χ2v) is 3.35. The van der Waals surface area contributed by atoms with Gasteiger partial charge in [0.1, 0.15) is 18.6 Å². The van der Waals surface area contributed by atoms with E-state index in [9.17, 15) is 4.79 Å². The molecule has 0 unspecified atom stereocenters. The maximum absolute atomic E-state index is 10.6. The van der Waals surface area contributed by atoms with Crippen molar-refractivity contribution >= 4 is 12.4 Å². The third kappa shape index (κ3) is 1.55. The van der Waals surface area contributed by atoms with Gasteiger partial charge in [-0.2, -0.15) is 0 Å². The van der Waals surface area contributed by atoms with Crippen molar-refractivity contribution in [3.05, 3.63) is 34.9 Å². The minimum atomic E-state index is 0.391. The Balaban J connectivity index is 2.44. The lowest BCUT2D eigenvalue weighted by Gasteiger charge is -2.15. The highest BCUT2D eigenvalue weighted by Crippen LogP contribution is 2.26. The first-order valence-corrected chi connectivity index (χ1v) is 4.75. The first kappa shape index (κ1) is 9.00. The quantitative estimate of drug-likeness (QED) is 0.665. The zero-order valence-electron chi connectivity index (χ0n) is 8.12. The van der Waals surface area contributed by atoms with Crippen LogP contribution in [-0.4, -0.2) is 12.9 Å². The van der Waals surface area contributed by atoms with Crippen molar-refractivity contribution in [2.75, 3.05) is 6.61 Å². The smallest absolute Gasteiger partial charge is 0.149 e. The van der Waals surface area contributed by atoms with Crippen LogP contribution in [-0.2, 0) is 11.2 Å². The molecule has 2 rings (SSSR count). The lowest BCUT2D eigenvalue weighted by molar-refractivity contribution is -0.105. The molecule has 14 heavy (non-hydrogen) atoms. The molecular weight excluding hydrogens is 176 g/mol. The third-order valence-electron chi connectivity index (χ3n) is 2.37. The van der Waals surface area contributed by atoms with Crippen molar-refractivity contribution in [1.82, 2.24) is 0 Å². The minimum Gasteiger partial charge on any atom is -0.488 e. The topological polar surface area (TPSA) is 26.3 Å². The molecule has 1 aromatic rings. The third-order valence-corrected chi connectivity index (χ3v) is 2.37. The van der Waals surface area contributed by atoms with Gasteiger partial charge < -0.3 is 4.74 Å². The predicted molar refractivity (Wildman–Crippen MR) is 55.4 cm³/mol. The number of fused-ring (bicyclic) bond motifs is 1. The summed E-state index contributed by atoms with van der Waals surface area (Å²) in [6, 6.07) is 6.09. The zero-order valence-corrected chi connectivity index (χ0v) is 8.12. The molecule has 0 amide bonds. The summed E-state index contributed by atoms with van der Waals surface area (Å²) in [4.78, 5) is 10.6. The molecule has 1 aliphatic rings. The number of hydrogen-bond donors (Lipinski definition) is 0. The Kier molecular flexibility index (Phi) is 2.35. The Morgan fingerprint density at radius 1 is 1.50 bits per heavy atom. The van der Waals surface area contributed by atoms with Crippen LogP contribution in [0.3, 0.4) is 0 Å². The van der Waals surface area contributed by atoms with E-state index in [1.54, 1.807) is 0 Å². The van der Waals surface area contributed by atoms with Crippen molar-refractivity contribution in [3.8, 4) is 5.75 Å². The molecule has 1 aliphatic heterocycles. The second-order valence-electron chi connectivity index (χ2n) is 3.35. The monoisotopic (exact) mass is 188 g/mol. The number of rotatable bonds is 2. The number of ether oxygens (including phenoxy) is 1. The van der Waals surface area contributed by atoms with E-state index in [2.05, 4.69) is 19.1 Å². The summed E-state index contributed by atoms with van der Waals surface area (Å²) in [5, 5.41) is 0. The van der Waals surface area contributed by atoms with Crippen LogP contribution in [0, 0.1) is 0 Å². The summed E-state index contributed by atoms with van der Waals surface area (Å²) in [5.41, 5.74) is 2.97. The van der Waals surface area contributed by atoms with Crippen LogP contribution >= 0.6 is 0 Å². The largest absolute Gasteiger partial charge is 0.488 e. The van der Waals surface area contributed by atoms with Crippen LogP contribution in [0.1, 0.15) is 18.1 Å². The summed E-state index contributed by atoms with van der Waals surface area (Å²) in [5.74, 6) is 0.868. The molecule has 0 N–H and O–H groups in total. The SMILES string of the molecule is CCc1ccc2c(c1)C=C(C=O)CO2. The fraction of sp³-hybridized carbons (Fsp3) is 0.250. The molecule has 2 nitrogen and oxygen atoms in total. The van der Waals surface area contributed by atoms with Gasteiger partial charge in [-0.1, -0.05) is 13.0 Å². The van der Waals surface area contributed by atoms with Crippen LogP contribution in [0.2, 0.25) is 0 Å². The van der Waals surface area contributed by atoms with Gasteiger partial charge in [-0.15, -0.1) is 0 Å². The van der Waals surface area contributed by atoms with Crippen molar-refractivity contribution in [1.29, 1.82) is 0 Å². The van der Waals surface area contributed by atoms with Crippen LogP contribution in [0.25, 0.3) is 6.08 Å². The molecule has 2 heteroatoms. The number of hydrogen-bond acceptors (Lipinski definition) is 2. The molecule has 0 radical (unpaired) electrons. The van der Waals surface area contributed by atoms with Crippen LogP contribution < -0.4 is 4.74 Å². The van der Waals surface area contributed by atoms with Crippen molar-refractivity contribution in [3.63, 3.8) is 0 Å². The minimum absolute atomic E-state index is 0.391. The summed E-state index contributed by atoms with van der Waals surface area (Å²) in [7, 11) is 0. The average Bonchev–Trinajstić information content (AvgIpc) is 2.27. The molecule has 0 aromatic heterocycles. The second kappa shape index (κ2) is 3.66. The Morgan fingerprint density at radius 2 is 2.36 bits per heavy atom. The lowest BCUT2D eigenvalue weighted by Crippen LogP contribution is -2.08. The first-order valence-electron chi connectivity index (χ1n) is 4.75. The van der Waals surface area contributed by atoms with Gasteiger partial charge in [-0.25, -0.2) is 0 Å². The normalized spacial score (nSPS) is 13.9. The number of carbonyl (C=O) groups is 1. The highest BCUT2D eigenvalue weighted by atomic mass is 16.5. The van der Waals surface area contributed by atoms with Gasteiger partial charge in [0, 0.05) is 11.1 Å². The summed E-state index contributed by atoms with van der Waals surface area (Å²) < 4.78 is 5.43. The standard InChI is InChI=1S/C12H12O2/c1-2-9-3-4-12-11(5-9)6-10(7-13)8-14-12/h3-7H,2,8H2,1H3. The molecule has 0 aliphatic carbocycles. The van der Waals surface area contributed by atoms with E-state index >= 15 is 0 Å². The van der Waals surface area contributed by atoms with Crippen molar-refractivity contribution in [2.24, 2.45) is 0 Å². The summed E-state index contributed by atoms with van der Waals surface area (Å²) >= 11 is 0. The van der Waals surface area contributed by atoms with Gasteiger partial charge in [-0.05, 0) is 30.2 Å². The van der Waals surface area contributed by atoms with E-state index in [-0.39, 0.29) is 0 Å². The van der Waals surface area contributed by atoms with Gasteiger partial charge in [0.05, 0.1) is 0 Å². The molecular formula is C12H12O2. The molecule has 72 valence electrons. The first-order chi connectivity index (χ1) is 6.83. The average molecular weight is 188 g/mol. The maximum atomic E-state index is 10.6. The number of aldehydes is 1. The van der Waals surface area contributed by atoms with Crippen molar-refractivity contribution in [2.45, 2.75) is 13.3 Å². The molecule has 0 atom stereocenters. The lowest BCUT2D eigenvalue weighted by atomic mass is 10.0. The van der Waals surface area contributed by atoms with Crippen molar-refractivity contribution < 1.29 is 9.53 Å². The summed E-state index contributed by atoms with van der Waals surface area (Å²) in [6.07, 6.45) is 3.74. The molecule has 0 spiro atoms. The molecule has 0 fully saturated rings. The Labute approximate surface area is 83.2 Å². The Morgan fingerprint density at radius 3 is 3.07 bits per heavy atom. The number of benzene rings is 1.